The lowest BCUT2D eigenvalue weighted by atomic mass is 10.0. The van der Waals surface area contributed by atoms with Crippen molar-refractivity contribution in [3.63, 3.8) is 0 Å². The maximum Gasteiger partial charge on any atom is 0.328 e. The third-order valence-corrected chi connectivity index (χ3v) is 4.80. The second-order valence-electron chi connectivity index (χ2n) is 7.83. The Morgan fingerprint density at radius 2 is 1.69 bits per heavy atom. The number of amides is 3. The quantitative estimate of drug-likeness (QED) is 0.0712. The number of nitrogens with one attached hydrogen (secondary N) is 3. The molecule has 0 radical (unpaired) electrons. The smallest absolute Gasteiger partial charge is 0.328 e. The number of guanidine groups is 1. The Labute approximate surface area is 201 Å². The molecule has 35 heavy (non-hydrogen) atoms. The predicted octanol–water partition coefficient (Wildman–Crippen LogP) is -3.13. The summed E-state index contributed by atoms with van der Waals surface area (Å²) >= 11 is 0. The molecule has 0 bridgehead atoms. The Hall–Kier alpha value is -3.91. The fourth-order valence-electron chi connectivity index (χ4n) is 2.93. The van der Waals surface area contributed by atoms with E-state index in [1.165, 1.54) is 19.1 Å². The van der Waals surface area contributed by atoms with E-state index in [0.717, 1.165) is 0 Å². The van der Waals surface area contributed by atoms with Gasteiger partial charge in [-0.15, -0.1) is 0 Å². The molecular formula is C21H33N7O7. The fourth-order valence-corrected chi connectivity index (χ4v) is 2.93. The van der Waals surface area contributed by atoms with Crippen molar-refractivity contribution >= 4 is 29.7 Å². The number of carboxylic acid groups (broad SMARTS) is 1. The van der Waals surface area contributed by atoms with E-state index in [1.807, 2.05) is 0 Å². The number of carboxylic acids is 1. The minimum Gasteiger partial charge on any atom is -0.508 e. The normalized spacial score (nSPS) is 14.0. The van der Waals surface area contributed by atoms with Crippen molar-refractivity contribution in [3.05, 3.63) is 29.8 Å². The van der Waals surface area contributed by atoms with E-state index in [1.54, 1.807) is 12.1 Å². The van der Waals surface area contributed by atoms with Gasteiger partial charge in [0.2, 0.25) is 17.7 Å². The van der Waals surface area contributed by atoms with Gasteiger partial charge in [-0.3, -0.25) is 19.4 Å². The van der Waals surface area contributed by atoms with Crippen molar-refractivity contribution in [2.45, 2.75) is 50.4 Å². The van der Waals surface area contributed by atoms with Crippen molar-refractivity contribution in [1.29, 1.82) is 0 Å². The Balaban J connectivity index is 2.76. The van der Waals surface area contributed by atoms with Crippen molar-refractivity contribution in [1.82, 2.24) is 16.0 Å². The Morgan fingerprint density at radius 3 is 2.23 bits per heavy atom. The van der Waals surface area contributed by atoms with Crippen LogP contribution in [0, 0.1) is 0 Å². The number of aromatic hydroxyl groups is 1. The predicted molar refractivity (Wildman–Crippen MR) is 126 cm³/mol. The summed E-state index contributed by atoms with van der Waals surface area (Å²) in [4.78, 5) is 52.2. The number of aliphatic hydroxyl groups is 1. The molecule has 14 heteroatoms. The minimum atomic E-state index is -1.55. The molecule has 0 saturated heterocycles. The number of phenols is 1. The molecule has 0 saturated carbocycles. The van der Waals surface area contributed by atoms with Gasteiger partial charge in [0, 0.05) is 6.54 Å². The molecular weight excluding hydrogens is 462 g/mol. The highest BCUT2D eigenvalue weighted by molar-refractivity contribution is 5.92. The van der Waals surface area contributed by atoms with Crippen LogP contribution >= 0.6 is 0 Å². The molecule has 0 aromatic heterocycles. The van der Waals surface area contributed by atoms with Crippen LogP contribution in [0.25, 0.3) is 0 Å². The third-order valence-electron chi connectivity index (χ3n) is 4.80. The molecule has 0 aliphatic rings. The average Bonchev–Trinajstić information content (AvgIpc) is 2.78. The van der Waals surface area contributed by atoms with Gasteiger partial charge in [0.25, 0.3) is 0 Å². The molecule has 1 aromatic rings. The zero-order valence-electron chi connectivity index (χ0n) is 19.3. The van der Waals surface area contributed by atoms with Gasteiger partial charge in [-0.05, 0) is 43.9 Å². The number of nitrogens with two attached hydrogens (primary N) is 3. The highest BCUT2D eigenvalue weighted by Gasteiger charge is 2.27. The fraction of sp³-hybridized carbons (Fsp3) is 0.476. The molecule has 14 nitrogen and oxygen atoms in total. The molecule has 1 aromatic carbocycles. The van der Waals surface area contributed by atoms with E-state index < -0.39 is 54.5 Å². The minimum absolute atomic E-state index is 0.0661. The number of carbonyl (C=O) groups excluding carboxylic acids is 3. The monoisotopic (exact) mass is 495 g/mol. The van der Waals surface area contributed by atoms with E-state index >= 15 is 0 Å². The molecule has 194 valence electrons. The summed E-state index contributed by atoms with van der Waals surface area (Å²) in [6.07, 6.45) is -0.774. The maximum atomic E-state index is 12.7. The Kier molecular flexibility index (Phi) is 12.0. The first-order valence-electron chi connectivity index (χ1n) is 10.8. The van der Waals surface area contributed by atoms with Crippen molar-refractivity contribution in [2.24, 2.45) is 22.2 Å². The van der Waals surface area contributed by atoms with Crippen LogP contribution in [-0.4, -0.2) is 82.3 Å². The number of nitrogens with zero attached hydrogens (tertiary/aromatic N) is 1. The molecule has 4 atom stereocenters. The van der Waals surface area contributed by atoms with Gasteiger partial charge in [-0.25, -0.2) is 4.79 Å². The highest BCUT2D eigenvalue weighted by Crippen LogP contribution is 2.11. The summed E-state index contributed by atoms with van der Waals surface area (Å²) in [6.45, 7) is 0.799. The van der Waals surface area contributed by atoms with Crippen LogP contribution in [0.15, 0.2) is 29.3 Å². The van der Waals surface area contributed by atoms with Crippen LogP contribution in [0.2, 0.25) is 0 Å². The first kappa shape index (κ1) is 29.1. The summed E-state index contributed by atoms with van der Waals surface area (Å²) in [5, 5.41) is 34.8. The van der Waals surface area contributed by atoms with Crippen LogP contribution in [0.4, 0.5) is 0 Å². The number of rotatable bonds is 14. The molecule has 3 amide bonds. The van der Waals surface area contributed by atoms with E-state index in [4.69, 9.17) is 22.3 Å². The molecule has 1 rings (SSSR count). The van der Waals surface area contributed by atoms with Gasteiger partial charge in [0.1, 0.15) is 11.8 Å². The number of hydrogen-bond acceptors (Lipinski definition) is 8. The van der Waals surface area contributed by atoms with Crippen molar-refractivity contribution < 1.29 is 34.5 Å². The zero-order valence-corrected chi connectivity index (χ0v) is 19.3. The SMILES string of the molecule is CC(O)C(NC(=O)CNC(=O)C(CCCN=C(N)N)NC(=O)C(N)Cc1ccc(O)cc1)C(=O)O. The van der Waals surface area contributed by atoms with Gasteiger partial charge in [0.15, 0.2) is 12.0 Å². The van der Waals surface area contributed by atoms with Crippen LogP contribution in [0.5, 0.6) is 5.75 Å². The lowest BCUT2D eigenvalue weighted by molar-refractivity contribution is -0.144. The summed E-state index contributed by atoms with van der Waals surface area (Å²) < 4.78 is 0. The van der Waals surface area contributed by atoms with Gasteiger partial charge in [-0.1, -0.05) is 12.1 Å². The van der Waals surface area contributed by atoms with Gasteiger partial charge >= 0.3 is 5.97 Å². The van der Waals surface area contributed by atoms with E-state index in [0.29, 0.717) is 12.0 Å². The maximum absolute atomic E-state index is 12.7. The summed E-state index contributed by atoms with van der Waals surface area (Å²) in [5.74, 6) is -3.68. The summed E-state index contributed by atoms with van der Waals surface area (Å²) in [5.41, 5.74) is 17.2. The van der Waals surface area contributed by atoms with E-state index in [-0.39, 0.29) is 31.1 Å². The van der Waals surface area contributed by atoms with Gasteiger partial charge in [0.05, 0.1) is 18.7 Å². The highest BCUT2D eigenvalue weighted by atomic mass is 16.4. The number of aliphatic hydroxyl groups excluding tert-OH is 1. The summed E-state index contributed by atoms with van der Waals surface area (Å²) in [7, 11) is 0. The number of hydrogen-bond donors (Lipinski definition) is 9. The molecule has 0 spiro atoms. The van der Waals surface area contributed by atoms with Gasteiger partial charge < -0.3 is 48.5 Å². The zero-order chi connectivity index (χ0) is 26.5. The molecule has 4 unspecified atom stereocenters. The number of carbonyl (C=O) groups is 4. The lowest BCUT2D eigenvalue weighted by Crippen LogP contribution is -2.54. The van der Waals surface area contributed by atoms with Crippen LogP contribution < -0.4 is 33.2 Å². The molecule has 0 fully saturated rings. The molecule has 0 aliphatic heterocycles. The van der Waals surface area contributed by atoms with Crippen molar-refractivity contribution in [2.75, 3.05) is 13.1 Å². The lowest BCUT2D eigenvalue weighted by Gasteiger charge is -2.21. The third kappa shape index (κ3) is 11.2. The topological polar surface area (TPSA) is 255 Å². The first-order valence-corrected chi connectivity index (χ1v) is 10.8. The second kappa shape index (κ2) is 14.4. The average molecular weight is 496 g/mol. The summed E-state index contributed by atoms with van der Waals surface area (Å²) in [6, 6.07) is 2.50. The Bertz CT molecular complexity index is 902. The van der Waals surface area contributed by atoms with Crippen LogP contribution in [0.3, 0.4) is 0 Å². The van der Waals surface area contributed by atoms with Crippen LogP contribution in [-0.2, 0) is 25.6 Å². The molecule has 12 N–H and O–H groups in total. The first-order chi connectivity index (χ1) is 16.4. The van der Waals surface area contributed by atoms with E-state index in [9.17, 15) is 29.4 Å². The number of aliphatic imine (C=N–C) groups is 1. The standard InChI is InChI=1S/C21H33N7O7/c1-11(29)17(20(34)35)28-16(31)10-26-19(33)15(3-2-8-25-21(23)24)27-18(32)14(22)9-12-4-6-13(30)7-5-12/h4-7,11,14-15,17,29-30H,2-3,8-10,22H2,1H3,(H,26,33)(H,27,32)(H,28,31)(H,34,35)(H4,23,24,25). The Morgan fingerprint density at radius 1 is 1.06 bits per heavy atom. The molecule has 0 heterocycles. The van der Waals surface area contributed by atoms with Gasteiger partial charge in [-0.2, -0.15) is 0 Å². The largest absolute Gasteiger partial charge is 0.508 e. The number of phenolic OH excluding ortho intramolecular Hbond substituents is 1. The van der Waals surface area contributed by atoms with Crippen molar-refractivity contribution in [3.8, 4) is 5.75 Å². The second-order valence-corrected chi connectivity index (χ2v) is 7.83. The number of aliphatic carboxylic acids is 1. The number of benzene rings is 1. The van der Waals surface area contributed by atoms with E-state index in [2.05, 4.69) is 20.9 Å². The molecule has 0 aliphatic carbocycles. The van der Waals surface area contributed by atoms with Crippen LogP contribution in [0.1, 0.15) is 25.3 Å².